The molecule has 5 heteroatoms. The lowest BCUT2D eigenvalue weighted by Gasteiger charge is -2.29. The van der Waals surface area contributed by atoms with Crippen LogP contribution in [-0.4, -0.2) is 24.1 Å². The van der Waals surface area contributed by atoms with Gasteiger partial charge >= 0.3 is 0 Å². The quantitative estimate of drug-likeness (QED) is 0.894. The first kappa shape index (κ1) is 14.3. The summed E-state index contributed by atoms with van der Waals surface area (Å²) in [6.45, 7) is 4.33. The summed E-state index contributed by atoms with van der Waals surface area (Å²) in [4.78, 5) is 13.7. The molecule has 0 saturated heterocycles. The lowest BCUT2D eigenvalue weighted by atomic mass is 10.1. The number of halogens is 1. The summed E-state index contributed by atoms with van der Waals surface area (Å²) in [7, 11) is 2.05. The number of anilines is 2. The van der Waals surface area contributed by atoms with Crippen LogP contribution in [0.1, 0.15) is 38.4 Å². The molecule has 1 atom stereocenters. The molecule has 2 rings (SSSR count). The number of aliphatic hydroxyl groups is 1. The molecule has 1 amide bonds. The maximum absolute atomic E-state index is 11.5. The van der Waals surface area contributed by atoms with Gasteiger partial charge in [0.15, 0.2) is 6.10 Å². The summed E-state index contributed by atoms with van der Waals surface area (Å²) in [5.74, 6) is -0.357. The van der Waals surface area contributed by atoms with E-state index in [1.807, 2.05) is 12.1 Å². The largest absolute Gasteiger partial charge is 0.378 e. The Bertz CT molecular complexity index is 500. The van der Waals surface area contributed by atoms with E-state index in [1.165, 1.54) is 0 Å². The lowest BCUT2D eigenvalue weighted by molar-refractivity contribution is -0.123. The Hall–Kier alpha value is -1.07. The van der Waals surface area contributed by atoms with Gasteiger partial charge in [-0.25, -0.2) is 0 Å². The number of aliphatic hydroxyl groups excluding tert-OH is 1. The Morgan fingerprint density at radius 3 is 2.63 bits per heavy atom. The number of nitrogens with zero attached hydrogens (tertiary/aromatic N) is 1. The summed E-state index contributed by atoms with van der Waals surface area (Å²) in [5, 5.41) is 12.5. The van der Waals surface area contributed by atoms with Crippen molar-refractivity contribution in [1.82, 2.24) is 0 Å². The van der Waals surface area contributed by atoms with Crippen molar-refractivity contribution in [1.29, 1.82) is 0 Å². The van der Waals surface area contributed by atoms with Crippen molar-refractivity contribution in [2.24, 2.45) is 0 Å². The summed E-state index contributed by atoms with van der Waals surface area (Å²) < 4.78 is 0.899. The summed E-state index contributed by atoms with van der Waals surface area (Å²) >= 11 is 3.53. The number of benzene rings is 1. The highest BCUT2D eigenvalue weighted by atomic mass is 79.9. The SMILES string of the molecule is CCC(CC)N(C)c1cc2c(cc1Br)C(O)C(=O)N2. The molecule has 0 spiro atoms. The highest BCUT2D eigenvalue weighted by Gasteiger charge is 2.30. The topological polar surface area (TPSA) is 52.6 Å². The molecule has 1 aliphatic heterocycles. The number of nitrogens with one attached hydrogen (secondary N) is 1. The van der Waals surface area contributed by atoms with Crippen molar-refractivity contribution in [2.45, 2.75) is 38.8 Å². The van der Waals surface area contributed by atoms with E-state index in [2.05, 4.69) is 47.0 Å². The number of carbonyl (C=O) groups excluding carboxylic acids is 1. The molecule has 2 N–H and O–H groups in total. The van der Waals surface area contributed by atoms with E-state index in [1.54, 1.807) is 0 Å². The molecule has 1 heterocycles. The molecule has 0 aliphatic carbocycles. The van der Waals surface area contributed by atoms with Crippen LogP contribution >= 0.6 is 15.9 Å². The fourth-order valence-electron chi connectivity index (χ4n) is 2.56. The minimum Gasteiger partial charge on any atom is -0.378 e. The fourth-order valence-corrected chi connectivity index (χ4v) is 3.20. The smallest absolute Gasteiger partial charge is 0.257 e. The first-order valence-corrected chi connectivity index (χ1v) is 7.34. The highest BCUT2D eigenvalue weighted by molar-refractivity contribution is 9.10. The molecule has 1 aliphatic rings. The van der Waals surface area contributed by atoms with E-state index < -0.39 is 6.10 Å². The van der Waals surface area contributed by atoms with Gasteiger partial charge in [-0.1, -0.05) is 13.8 Å². The van der Waals surface area contributed by atoms with Gasteiger partial charge in [-0.2, -0.15) is 0 Å². The second-order valence-corrected chi connectivity index (χ2v) is 5.72. The van der Waals surface area contributed by atoms with Crippen molar-refractivity contribution < 1.29 is 9.90 Å². The maximum atomic E-state index is 11.5. The molecular weight excluding hydrogens is 308 g/mol. The van der Waals surface area contributed by atoms with Gasteiger partial charge in [0.2, 0.25) is 0 Å². The van der Waals surface area contributed by atoms with Gasteiger partial charge in [-0.15, -0.1) is 0 Å². The Morgan fingerprint density at radius 2 is 2.05 bits per heavy atom. The third kappa shape index (κ3) is 2.49. The van der Waals surface area contributed by atoms with Crippen LogP contribution in [0.3, 0.4) is 0 Å². The van der Waals surface area contributed by atoms with Gasteiger partial charge < -0.3 is 15.3 Å². The first-order valence-electron chi connectivity index (χ1n) is 6.54. The standard InChI is InChI=1S/C14H19BrN2O2/c1-4-8(5-2)17(3)12-7-11-9(6-10(12)15)13(18)14(19)16-11/h6-8,13,18H,4-5H2,1-3H3,(H,16,19). The molecule has 1 unspecified atom stereocenters. The van der Waals surface area contributed by atoms with Crippen LogP contribution in [0.5, 0.6) is 0 Å². The molecule has 0 radical (unpaired) electrons. The predicted octanol–water partition coefficient (Wildman–Crippen LogP) is 3.06. The van der Waals surface area contributed by atoms with Gasteiger partial charge in [-0.05, 0) is 40.9 Å². The number of amides is 1. The lowest BCUT2D eigenvalue weighted by Crippen LogP contribution is -2.30. The third-order valence-corrected chi connectivity index (χ3v) is 4.43. The van der Waals surface area contributed by atoms with Crippen LogP contribution in [-0.2, 0) is 4.79 Å². The average molecular weight is 327 g/mol. The molecule has 0 fully saturated rings. The van der Waals surface area contributed by atoms with Crippen LogP contribution in [0, 0.1) is 0 Å². The maximum Gasteiger partial charge on any atom is 0.257 e. The van der Waals surface area contributed by atoms with Crippen LogP contribution < -0.4 is 10.2 Å². The van der Waals surface area contributed by atoms with Crippen LogP contribution in [0.15, 0.2) is 16.6 Å². The number of fused-ring (bicyclic) bond motifs is 1. The monoisotopic (exact) mass is 326 g/mol. The van der Waals surface area contributed by atoms with Crippen molar-refractivity contribution >= 4 is 33.2 Å². The van der Waals surface area contributed by atoms with Gasteiger partial charge in [0, 0.05) is 28.8 Å². The molecule has 4 nitrogen and oxygen atoms in total. The minimum absolute atomic E-state index is 0.357. The van der Waals surface area contributed by atoms with E-state index in [0.29, 0.717) is 17.3 Å². The molecule has 1 aromatic carbocycles. The van der Waals surface area contributed by atoms with Gasteiger partial charge in [-0.3, -0.25) is 4.79 Å². The number of rotatable bonds is 4. The highest BCUT2D eigenvalue weighted by Crippen LogP contribution is 2.39. The average Bonchev–Trinajstić information content (AvgIpc) is 2.66. The van der Waals surface area contributed by atoms with E-state index in [0.717, 1.165) is 23.0 Å². The summed E-state index contributed by atoms with van der Waals surface area (Å²) in [6, 6.07) is 4.20. The van der Waals surface area contributed by atoms with E-state index >= 15 is 0 Å². The Kier molecular flexibility index (Phi) is 4.16. The van der Waals surface area contributed by atoms with E-state index in [4.69, 9.17) is 0 Å². The molecule has 0 saturated carbocycles. The molecule has 1 aromatic rings. The number of hydrogen-bond donors (Lipinski definition) is 2. The van der Waals surface area contributed by atoms with Gasteiger partial charge in [0.25, 0.3) is 5.91 Å². The summed E-state index contributed by atoms with van der Waals surface area (Å²) in [6.07, 6.45) is 1.07. The van der Waals surface area contributed by atoms with Crippen LogP contribution in [0.2, 0.25) is 0 Å². The van der Waals surface area contributed by atoms with Crippen molar-refractivity contribution in [2.75, 3.05) is 17.3 Å². The second kappa shape index (κ2) is 5.51. The van der Waals surface area contributed by atoms with Crippen LogP contribution in [0.4, 0.5) is 11.4 Å². The fraction of sp³-hybridized carbons (Fsp3) is 0.500. The predicted molar refractivity (Wildman–Crippen MR) is 80.5 cm³/mol. The number of carbonyl (C=O) groups is 1. The van der Waals surface area contributed by atoms with E-state index in [9.17, 15) is 9.90 Å². The zero-order valence-corrected chi connectivity index (χ0v) is 13.0. The Balaban J connectivity index is 2.39. The van der Waals surface area contributed by atoms with Crippen molar-refractivity contribution in [3.8, 4) is 0 Å². The molecule has 104 valence electrons. The Labute approximate surface area is 121 Å². The molecular formula is C14H19BrN2O2. The van der Waals surface area contributed by atoms with Gasteiger partial charge in [0.1, 0.15) is 0 Å². The zero-order valence-electron chi connectivity index (χ0n) is 11.4. The van der Waals surface area contributed by atoms with Gasteiger partial charge in [0.05, 0.1) is 5.69 Å². The first-order chi connectivity index (χ1) is 8.99. The van der Waals surface area contributed by atoms with Crippen molar-refractivity contribution in [3.63, 3.8) is 0 Å². The molecule has 19 heavy (non-hydrogen) atoms. The Morgan fingerprint density at radius 1 is 1.42 bits per heavy atom. The second-order valence-electron chi connectivity index (χ2n) is 4.86. The summed E-state index contributed by atoms with van der Waals surface area (Å²) in [5.41, 5.74) is 2.37. The number of hydrogen-bond acceptors (Lipinski definition) is 3. The third-order valence-electron chi connectivity index (χ3n) is 3.79. The zero-order chi connectivity index (χ0) is 14.2. The normalized spacial score (nSPS) is 17.6. The van der Waals surface area contributed by atoms with Crippen molar-refractivity contribution in [3.05, 3.63) is 22.2 Å². The van der Waals surface area contributed by atoms with E-state index in [-0.39, 0.29) is 5.91 Å². The minimum atomic E-state index is -1.06. The molecule has 0 bridgehead atoms. The molecule has 0 aromatic heterocycles. The van der Waals surface area contributed by atoms with Crippen LogP contribution in [0.25, 0.3) is 0 Å².